The van der Waals surface area contributed by atoms with Crippen molar-refractivity contribution >= 4 is 11.6 Å². The third-order valence-electron chi connectivity index (χ3n) is 4.00. The van der Waals surface area contributed by atoms with Gasteiger partial charge in [0.15, 0.2) is 0 Å². The molecule has 0 unspecified atom stereocenters. The van der Waals surface area contributed by atoms with Crippen molar-refractivity contribution in [2.45, 2.75) is 19.3 Å². The van der Waals surface area contributed by atoms with E-state index in [4.69, 9.17) is 4.74 Å². The summed E-state index contributed by atoms with van der Waals surface area (Å²) in [4.78, 5) is 14.2. The Labute approximate surface area is 129 Å². The van der Waals surface area contributed by atoms with Gasteiger partial charge in [-0.05, 0) is 54.3 Å². The molecule has 0 saturated carbocycles. The number of aryl methyl sites for hydroxylation is 1. The van der Waals surface area contributed by atoms with Crippen LogP contribution < -0.4 is 9.64 Å². The van der Waals surface area contributed by atoms with E-state index in [-0.39, 0.29) is 11.7 Å². The number of methoxy groups -OCH3 is 1. The molecular formula is C18H18FNO2. The highest BCUT2D eigenvalue weighted by Gasteiger charge is 2.24. The van der Waals surface area contributed by atoms with Crippen LogP contribution in [0.15, 0.2) is 42.5 Å². The van der Waals surface area contributed by atoms with Crippen LogP contribution in [0, 0.1) is 5.82 Å². The Kier molecular flexibility index (Phi) is 4.09. The van der Waals surface area contributed by atoms with E-state index in [0.717, 1.165) is 29.0 Å². The van der Waals surface area contributed by atoms with Crippen LogP contribution in [0.1, 0.15) is 17.5 Å². The predicted octanol–water partition coefficient (Wildman–Crippen LogP) is 3.36. The van der Waals surface area contributed by atoms with Crippen molar-refractivity contribution in [1.82, 2.24) is 0 Å². The summed E-state index contributed by atoms with van der Waals surface area (Å²) >= 11 is 0. The van der Waals surface area contributed by atoms with Crippen LogP contribution in [-0.4, -0.2) is 19.6 Å². The molecule has 0 radical (unpaired) electrons. The van der Waals surface area contributed by atoms with E-state index in [1.165, 1.54) is 12.1 Å². The molecule has 3 nitrogen and oxygen atoms in total. The Morgan fingerprint density at radius 2 is 2.14 bits per heavy atom. The maximum atomic E-state index is 13.2. The second kappa shape index (κ2) is 6.18. The quantitative estimate of drug-likeness (QED) is 0.866. The summed E-state index contributed by atoms with van der Waals surface area (Å²) < 4.78 is 18.4. The number of ether oxygens (including phenoxy) is 1. The van der Waals surface area contributed by atoms with E-state index in [0.29, 0.717) is 19.4 Å². The van der Waals surface area contributed by atoms with Gasteiger partial charge in [0.1, 0.15) is 11.6 Å². The Morgan fingerprint density at radius 1 is 1.27 bits per heavy atom. The van der Waals surface area contributed by atoms with E-state index in [9.17, 15) is 9.18 Å². The summed E-state index contributed by atoms with van der Waals surface area (Å²) in [5.74, 6) is 0.629. The van der Waals surface area contributed by atoms with Gasteiger partial charge in [-0.25, -0.2) is 4.39 Å². The number of carbonyl (C=O) groups is 1. The fourth-order valence-corrected chi connectivity index (χ4v) is 2.84. The molecule has 1 aliphatic heterocycles. The molecule has 1 aliphatic rings. The number of hydrogen-bond acceptors (Lipinski definition) is 2. The van der Waals surface area contributed by atoms with E-state index < -0.39 is 0 Å². The zero-order chi connectivity index (χ0) is 15.5. The molecule has 0 aromatic heterocycles. The standard InChI is InChI=1S/C18H18FNO2/c1-22-16-6-7-17-14(12-16)9-10-20(17)18(21)8-5-13-3-2-4-15(19)11-13/h2-4,6-7,11-12H,5,8-10H2,1H3. The molecule has 0 spiro atoms. The van der Waals surface area contributed by atoms with Crippen molar-refractivity contribution < 1.29 is 13.9 Å². The lowest BCUT2D eigenvalue weighted by Gasteiger charge is -2.17. The van der Waals surface area contributed by atoms with Crippen LogP contribution in [0.3, 0.4) is 0 Å². The topological polar surface area (TPSA) is 29.5 Å². The summed E-state index contributed by atoms with van der Waals surface area (Å²) in [6.45, 7) is 0.699. The van der Waals surface area contributed by atoms with Gasteiger partial charge in [0.25, 0.3) is 0 Å². The zero-order valence-electron chi connectivity index (χ0n) is 12.5. The number of benzene rings is 2. The molecule has 0 fully saturated rings. The molecule has 0 aliphatic carbocycles. The molecule has 0 saturated heterocycles. The van der Waals surface area contributed by atoms with Crippen LogP contribution in [0.25, 0.3) is 0 Å². The summed E-state index contributed by atoms with van der Waals surface area (Å²) in [6.07, 6.45) is 1.78. The lowest BCUT2D eigenvalue weighted by molar-refractivity contribution is -0.118. The van der Waals surface area contributed by atoms with Gasteiger partial charge in [-0.1, -0.05) is 12.1 Å². The molecule has 2 aromatic rings. The molecule has 22 heavy (non-hydrogen) atoms. The summed E-state index contributed by atoms with van der Waals surface area (Å²) in [5, 5.41) is 0. The summed E-state index contributed by atoms with van der Waals surface area (Å²) in [7, 11) is 1.64. The Bertz CT molecular complexity index is 699. The van der Waals surface area contributed by atoms with Gasteiger partial charge in [-0.2, -0.15) is 0 Å². The molecule has 2 aromatic carbocycles. The number of rotatable bonds is 4. The Morgan fingerprint density at radius 3 is 2.91 bits per heavy atom. The number of amides is 1. The van der Waals surface area contributed by atoms with Crippen molar-refractivity contribution in [3.8, 4) is 5.75 Å². The molecule has 0 bridgehead atoms. The van der Waals surface area contributed by atoms with Gasteiger partial charge in [-0.3, -0.25) is 4.79 Å². The predicted molar refractivity (Wildman–Crippen MR) is 83.8 cm³/mol. The average Bonchev–Trinajstić information content (AvgIpc) is 2.95. The average molecular weight is 299 g/mol. The van der Waals surface area contributed by atoms with Crippen molar-refractivity contribution in [2.24, 2.45) is 0 Å². The van der Waals surface area contributed by atoms with Crippen molar-refractivity contribution in [1.29, 1.82) is 0 Å². The van der Waals surface area contributed by atoms with Crippen molar-refractivity contribution in [2.75, 3.05) is 18.6 Å². The van der Waals surface area contributed by atoms with E-state index in [1.54, 1.807) is 13.2 Å². The minimum absolute atomic E-state index is 0.0770. The van der Waals surface area contributed by atoms with E-state index >= 15 is 0 Å². The normalized spacial score (nSPS) is 13.1. The molecule has 3 rings (SSSR count). The molecule has 1 amide bonds. The first-order chi connectivity index (χ1) is 10.7. The fourth-order valence-electron chi connectivity index (χ4n) is 2.84. The minimum atomic E-state index is -0.261. The van der Waals surface area contributed by atoms with Crippen LogP contribution >= 0.6 is 0 Å². The molecule has 0 N–H and O–H groups in total. The van der Waals surface area contributed by atoms with E-state index in [2.05, 4.69) is 0 Å². The Balaban J connectivity index is 1.67. The monoisotopic (exact) mass is 299 g/mol. The summed E-state index contributed by atoms with van der Waals surface area (Å²) in [5.41, 5.74) is 2.95. The largest absolute Gasteiger partial charge is 0.497 e. The highest BCUT2D eigenvalue weighted by Crippen LogP contribution is 2.31. The number of halogens is 1. The first-order valence-electron chi connectivity index (χ1n) is 7.39. The summed E-state index contributed by atoms with van der Waals surface area (Å²) in [6, 6.07) is 12.2. The molecule has 114 valence electrons. The van der Waals surface area contributed by atoms with Gasteiger partial charge >= 0.3 is 0 Å². The van der Waals surface area contributed by atoms with Crippen LogP contribution in [0.2, 0.25) is 0 Å². The fraction of sp³-hybridized carbons (Fsp3) is 0.278. The Hall–Kier alpha value is -2.36. The second-order valence-corrected chi connectivity index (χ2v) is 5.42. The smallest absolute Gasteiger partial charge is 0.227 e. The number of anilines is 1. The van der Waals surface area contributed by atoms with Crippen LogP contribution in [0.4, 0.5) is 10.1 Å². The van der Waals surface area contributed by atoms with E-state index in [1.807, 2.05) is 29.2 Å². The highest BCUT2D eigenvalue weighted by atomic mass is 19.1. The zero-order valence-corrected chi connectivity index (χ0v) is 12.5. The van der Waals surface area contributed by atoms with Gasteiger partial charge in [-0.15, -0.1) is 0 Å². The van der Waals surface area contributed by atoms with Gasteiger partial charge in [0.2, 0.25) is 5.91 Å². The second-order valence-electron chi connectivity index (χ2n) is 5.42. The lowest BCUT2D eigenvalue weighted by Crippen LogP contribution is -2.29. The third kappa shape index (κ3) is 2.96. The number of fused-ring (bicyclic) bond motifs is 1. The number of carbonyl (C=O) groups excluding carboxylic acids is 1. The maximum absolute atomic E-state index is 13.2. The van der Waals surface area contributed by atoms with Crippen LogP contribution in [-0.2, 0) is 17.6 Å². The van der Waals surface area contributed by atoms with Gasteiger partial charge in [0, 0.05) is 18.7 Å². The maximum Gasteiger partial charge on any atom is 0.227 e. The van der Waals surface area contributed by atoms with Gasteiger partial charge in [0.05, 0.1) is 7.11 Å². The number of hydrogen-bond donors (Lipinski definition) is 0. The SMILES string of the molecule is COc1ccc2c(c1)CCN2C(=O)CCc1cccc(F)c1. The molecule has 4 heteroatoms. The van der Waals surface area contributed by atoms with Crippen molar-refractivity contribution in [3.05, 3.63) is 59.4 Å². The van der Waals surface area contributed by atoms with Crippen molar-refractivity contribution in [3.63, 3.8) is 0 Å². The molecule has 1 heterocycles. The lowest BCUT2D eigenvalue weighted by atomic mass is 10.1. The molecular weight excluding hydrogens is 281 g/mol. The minimum Gasteiger partial charge on any atom is -0.497 e. The molecule has 0 atom stereocenters. The highest BCUT2D eigenvalue weighted by molar-refractivity contribution is 5.95. The first-order valence-corrected chi connectivity index (χ1v) is 7.39. The van der Waals surface area contributed by atoms with Gasteiger partial charge < -0.3 is 9.64 Å². The van der Waals surface area contributed by atoms with Crippen LogP contribution in [0.5, 0.6) is 5.75 Å². The third-order valence-corrected chi connectivity index (χ3v) is 4.00. The first kappa shape index (κ1) is 14.6. The number of nitrogens with zero attached hydrogens (tertiary/aromatic N) is 1.